The smallest absolute Gasteiger partial charge is 0.316 e. The Morgan fingerprint density at radius 2 is 1.81 bits per heavy atom. The zero-order valence-electron chi connectivity index (χ0n) is 13.7. The molecule has 0 unspecified atom stereocenters. The maximum Gasteiger partial charge on any atom is 0.416 e. The number of carbonyl (C=O) groups is 1. The van der Waals surface area contributed by atoms with Gasteiger partial charge in [-0.25, -0.2) is 5.43 Å². The first-order chi connectivity index (χ1) is 12.8. The fraction of sp³-hybridized carbons (Fsp3) is 0.0526. The molecular weight excluding hydrogens is 423 g/mol. The summed E-state index contributed by atoms with van der Waals surface area (Å²) in [5.74, 6) is -0.723. The maximum absolute atomic E-state index is 12.7. The van der Waals surface area contributed by atoms with E-state index in [1.807, 2.05) is 41.1 Å². The average Bonchev–Trinajstić information content (AvgIpc) is 3.10. The quantitative estimate of drug-likeness (QED) is 0.453. The molecule has 0 spiro atoms. The van der Waals surface area contributed by atoms with Crippen molar-refractivity contribution in [3.63, 3.8) is 0 Å². The van der Waals surface area contributed by atoms with Crippen LogP contribution in [0.1, 0.15) is 21.6 Å². The normalized spacial score (nSPS) is 11.7. The van der Waals surface area contributed by atoms with E-state index in [-0.39, 0.29) is 5.56 Å². The third kappa shape index (κ3) is 4.65. The molecule has 0 atom stereocenters. The van der Waals surface area contributed by atoms with E-state index in [0.717, 1.165) is 22.3 Å². The van der Waals surface area contributed by atoms with E-state index in [4.69, 9.17) is 0 Å². The lowest BCUT2D eigenvalue weighted by Gasteiger charge is -2.08. The Bertz CT molecular complexity index is 978. The van der Waals surface area contributed by atoms with Crippen molar-refractivity contribution in [3.8, 4) is 5.69 Å². The molecule has 1 aromatic heterocycles. The van der Waals surface area contributed by atoms with Gasteiger partial charge in [0.05, 0.1) is 17.5 Å². The fourth-order valence-electron chi connectivity index (χ4n) is 2.39. The molecule has 1 N–H and O–H groups in total. The first kappa shape index (κ1) is 18.9. The zero-order chi connectivity index (χ0) is 19.4. The van der Waals surface area contributed by atoms with Crippen LogP contribution in [0.5, 0.6) is 0 Å². The van der Waals surface area contributed by atoms with Gasteiger partial charge < -0.3 is 4.57 Å². The molecular formula is C19H13BrF3N3O. The third-order valence-electron chi connectivity index (χ3n) is 3.70. The lowest BCUT2D eigenvalue weighted by molar-refractivity contribution is -0.137. The van der Waals surface area contributed by atoms with Crippen molar-refractivity contribution in [2.45, 2.75) is 6.18 Å². The number of benzene rings is 2. The molecule has 0 bridgehead atoms. The molecule has 0 fully saturated rings. The largest absolute Gasteiger partial charge is 0.416 e. The van der Waals surface area contributed by atoms with Gasteiger partial charge in [0.1, 0.15) is 0 Å². The Morgan fingerprint density at radius 3 is 2.52 bits per heavy atom. The second-order valence-electron chi connectivity index (χ2n) is 5.56. The predicted octanol–water partition coefficient (Wildman–Crippen LogP) is 5.02. The van der Waals surface area contributed by atoms with Crippen LogP contribution in [0.3, 0.4) is 0 Å². The van der Waals surface area contributed by atoms with Gasteiger partial charge in [-0.3, -0.25) is 4.79 Å². The molecule has 1 heterocycles. The second kappa shape index (κ2) is 7.79. The summed E-state index contributed by atoms with van der Waals surface area (Å²) in [6, 6.07) is 15.4. The van der Waals surface area contributed by atoms with Crippen LogP contribution in [-0.4, -0.2) is 16.7 Å². The Balaban J connectivity index is 1.73. The molecule has 0 aliphatic carbocycles. The first-order valence-electron chi connectivity index (χ1n) is 7.78. The van der Waals surface area contributed by atoms with Crippen LogP contribution >= 0.6 is 15.9 Å². The van der Waals surface area contributed by atoms with Crippen LogP contribution in [-0.2, 0) is 6.18 Å². The van der Waals surface area contributed by atoms with E-state index in [2.05, 4.69) is 26.5 Å². The van der Waals surface area contributed by atoms with E-state index in [1.54, 1.807) is 6.07 Å². The summed E-state index contributed by atoms with van der Waals surface area (Å²) in [5.41, 5.74) is 2.83. The number of carbonyl (C=O) groups excluding carboxylic acids is 1. The number of amides is 1. The molecule has 0 aliphatic heterocycles. The Hall–Kier alpha value is -2.87. The van der Waals surface area contributed by atoms with Crippen LogP contribution < -0.4 is 5.43 Å². The monoisotopic (exact) mass is 435 g/mol. The maximum atomic E-state index is 12.7. The van der Waals surface area contributed by atoms with E-state index in [9.17, 15) is 18.0 Å². The average molecular weight is 436 g/mol. The molecule has 0 saturated heterocycles. The molecule has 1 amide bonds. The first-order valence-corrected chi connectivity index (χ1v) is 8.58. The molecule has 138 valence electrons. The highest BCUT2D eigenvalue weighted by Gasteiger charge is 2.30. The van der Waals surface area contributed by atoms with Gasteiger partial charge >= 0.3 is 6.18 Å². The highest BCUT2D eigenvalue weighted by molar-refractivity contribution is 9.10. The van der Waals surface area contributed by atoms with Crippen molar-refractivity contribution in [1.29, 1.82) is 0 Å². The summed E-state index contributed by atoms with van der Waals surface area (Å²) in [6.45, 7) is 0. The van der Waals surface area contributed by atoms with Crippen LogP contribution in [0.15, 0.2) is 76.4 Å². The molecule has 0 saturated carbocycles. The zero-order valence-corrected chi connectivity index (χ0v) is 15.3. The summed E-state index contributed by atoms with van der Waals surface area (Å²) in [6.07, 6.45) is -1.25. The number of hydrogen-bond acceptors (Lipinski definition) is 2. The van der Waals surface area contributed by atoms with Crippen molar-refractivity contribution in [1.82, 2.24) is 9.99 Å². The number of hydrazone groups is 1. The van der Waals surface area contributed by atoms with Crippen molar-refractivity contribution in [2.75, 3.05) is 0 Å². The standard InChI is InChI=1S/C19H13BrF3N3O/c20-15-6-8-16(9-7-15)26-10-2-5-17(26)12-24-25-18(27)13-3-1-4-14(11-13)19(21,22)23/h1-12H,(H,25,27)/b24-12+. The van der Waals surface area contributed by atoms with Gasteiger partial charge in [-0.1, -0.05) is 22.0 Å². The number of halogens is 4. The predicted molar refractivity (Wildman–Crippen MR) is 100.0 cm³/mol. The Morgan fingerprint density at radius 1 is 1.07 bits per heavy atom. The minimum absolute atomic E-state index is 0.120. The van der Waals surface area contributed by atoms with E-state index < -0.39 is 17.6 Å². The van der Waals surface area contributed by atoms with Crippen molar-refractivity contribution >= 4 is 28.1 Å². The minimum Gasteiger partial charge on any atom is -0.316 e. The molecule has 0 aliphatic rings. The number of aromatic nitrogens is 1. The van der Waals surface area contributed by atoms with Crippen LogP contribution in [0.25, 0.3) is 5.69 Å². The highest BCUT2D eigenvalue weighted by atomic mass is 79.9. The molecule has 2 aromatic carbocycles. The summed E-state index contributed by atoms with van der Waals surface area (Å²) in [5, 5.41) is 3.85. The van der Waals surface area contributed by atoms with Gasteiger partial charge in [0.2, 0.25) is 0 Å². The summed E-state index contributed by atoms with van der Waals surface area (Å²) in [4.78, 5) is 12.0. The fourth-order valence-corrected chi connectivity index (χ4v) is 2.66. The Kier molecular flexibility index (Phi) is 5.46. The van der Waals surface area contributed by atoms with E-state index >= 15 is 0 Å². The molecule has 4 nitrogen and oxygen atoms in total. The minimum atomic E-state index is -4.51. The topological polar surface area (TPSA) is 46.4 Å². The van der Waals surface area contributed by atoms with E-state index in [0.29, 0.717) is 5.69 Å². The van der Waals surface area contributed by atoms with Crippen molar-refractivity contribution in [2.24, 2.45) is 5.10 Å². The van der Waals surface area contributed by atoms with Gasteiger partial charge in [-0.2, -0.15) is 18.3 Å². The molecule has 27 heavy (non-hydrogen) atoms. The molecule has 0 radical (unpaired) electrons. The van der Waals surface area contributed by atoms with Crippen LogP contribution in [0.4, 0.5) is 13.2 Å². The summed E-state index contributed by atoms with van der Waals surface area (Å²) >= 11 is 3.37. The van der Waals surface area contributed by atoms with Gasteiger partial charge in [0.25, 0.3) is 5.91 Å². The SMILES string of the molecule is O=C(N/N=C/c1cccn1-c1ccc(Br)cc1)c1cccc(C(F)(F)F)c1. The third-order valence-corrected chi connectivity index (χ3v) is 4.23. The molecule has 3 aromatic rings. The molecule has 8 heteroatoms. The number of nitrogens with one attached hydrogen (secondary N) is 1. The van der Waals surface area contributed by atoms with E-state index in [1.165, 1.54) is 18.3 Å². The second-order valence-corrected chi connectivity index (χ2v) is 6.47. The van der Waals surface area contributed by atoms with Gasteiger partial charge in [-0.05, 0) is 54.6 Å². The van der Waals surface area contributed by atoms with Gasteiger partial charge in [0, 0.05) is 21.9 Å². The summed E-state index contributed by atoms with van der Waals surface area (Å²) in [7, 11) is 0. The van der Waals surface area contributed by atoms with Crippen LogP contribution in [0.2, 0.25) is 0 Å². The lowest BCUT2D eigenvalue weighted by atomic mass is 10.1. The number of hydrogen-bond donors (Lipinski definition) is 1. The van der Waals surface area contributed by atoms with Crippen molar-refractivity contribution in [3.05, 3.63) is 88.2 Å². The van der Waals surface area contributed by atoms with Crippen LogP contribution in [0, 0.1) is 0 Å². The van der Waals surface area contributed by atoms with Crippen molar-refractivity contribution < 1.29 is 18.0 Å². The summed E-state index contributed by atoms with van der Waals surface area (Å²) < 4.78 is 41.0. The highest BCUT2D eigenvalue weighted by Crippen LogP contribution is 2.29. The molecule has 3 rings (SSSR count). The van der Waals surface area contributed by atoms with Gasteiger partial charge in [0.15, 0.2) is 0 Å². The lowest BCUT2D eigenvalue weighted by Crippen LogP contribution is -2.18. The van der Waals surface area contributed by atoms with Gasteiger partial charge in [-0.15, -0.1) is 0 Å². The Labute approximate surface area is 161 Å². The number of nitrogens with zero attached hydrogens (tertiary/aromatic N) is 2. The number of rotatable bonds is 4. The number of alkyl halides is 3.